The average Bonchev–Trinajstić information content (AvgIpc) is 3.41. The standard InChI is InChI=1S/C20H21F2N5O/c21-15-9-16(22)20(25-12-2-1-6-23-10-12)26-19(15)17-11-24-18-8-14(5-7-27(17)18)28-13-3-4-13/h5,7-9,11-13,23H,1-4,6,10H2,(H,25,26)/t12-/m0/s1. The van der Waals surface area contributed by atoms with E-state index in [4.69, 9.17) is 4.74 Å². The van der Waals surface area contributed by atoms with E-state index >= 15 is 0 Å². The van der Waals surface area contributed by atoms with E-state index in [0.717, 1.165) is 50.6 Å². The number of piperidine rings is 1. The third-order valence-electron chi connectivity index (χ3n) is 5.12. The lowest BCUT2D eigenvalue weighted by molar-refractivity contribution is 0.303. The Morgan fingerprint density at radius 3 is 2.86 bits per heavy atom. The van der Waals surface area contributed by atoms with Crippen molar-refractivity contribution in [3.63, 3.8) is 0 Å². The molecule has 28 heavy (non-hydrogen) atoms. The molecule has 8 heteroatoms. The molecule has 1 atom stereocenters. The first-order valence-corrected chi connectivity index (χ1v) is 9.65. The SMILES string of the molecule is Fc1cc(F)c(-c2cnc3cc(OC4CC4)ccn23)nc1N[C@H]1CCCNC1. The number of hydrogen-bond donors (Lipinski definition) is 2. The zero-order valence-electron chi connectivity index (χ0n) is 15.3. The quantitative estimate of drug-likeness (QED) is 0.705. The lowest BCUT2D eigenvalue weighted by atomic mass is 10.1. The fourth-order valence-corrected chi connectivity index (χ4v) is 3.50. The van der Waals surface area contributed by atoms with Crippen molar-refractivity contribution < 1.29 is 13.5 Å². The Labute approximate surface area is 160 Å². The number of aromatic nitrogens is 3. The molecule has 3 aromatic heterocycles. The molecule has 1 aliphatic carbocycles. The molecule has 3 aromatic rings. The molecule has 1 saturated carbocycles. The van der Waals surface area contributed by atoms with Crippen molar-refractivity contribution in [2.75, 3.05) is 18.4 Å². The van der Waals surface area contributed by atoms with Crippen LogP contribution in [0.2, 0.25) is 0 Å². The lowest BCUT2D eigenvalue weighted by Gasteiger charge is -2.24. The summed E-state index contributed by atoms with van der Waals surface area (Å²) in [6, 6.07) is 4.59. The lowest BCUT2D eigenvalue weighted by Crippen LogP contribution is -2.38. The van der Waals surface area contributed by atoms with E-state index < -0.39 is 11.6 Å². The van der Waals surface area contributed by atoms with Crippen molar-refractivity contribution in [3.05, 3.63) is 42.2 Å². The zero-order valence-corrected chi connectivity index (χ0v) is 15.3. The van der Waals surface area contributed by atoms with Gasteiger partial charge in [0.1, 0.15) is 17.1 Å². The smallest absolute Gasteiger partial charge is 0.168 e. The van der Waals surface area contributed by atoms with Gasteiger partial charge in [-0.25, -0.2) is 18.7 Å². The summed E-state index contributed by atoms with van der Waals surface area (Å²) in [5, 5.41) is 6.36. The number of rotatable bonds is 5. The Hall–Kier alpha value is -2.74. The Morgan fingerprint density at radius 1 is 1.18 bits per heavy atom. The third-order valence-corrected chi connectivity index (χ3v) is 5.12. The molecule has 146 valence electrons. The molecule has 0 aromatic carbocycles. The van der Waals surface area contributed by atoms with Crippen LogP contribution in [-0.2, 0) is 0 Å². The van der Waals surface area contributed by atoms with Gasteiger partial charge in [-0.2, -0.15) is 0 Å². The molecule has 2 aliphatic rings. The van der Waals surface area contributed by atoms with Crippen molar-refractivity contribution in [2.24, 2.45) is 0 Å². The number of pyridine rings is 2. The van der Waals surface area contributed by atoms with Crippen molar-refractivity contribution in [1.82, 2.24) is 19.7 Å². The maximum absolute atomic E-state index is 14.6. The van der Waals surface area contributed by atoms with Gasteiger partial charge in [0.2, 0.25) is 0 Å². The van der Waals surface area contributed by atoms with Gasteiger partial charge in [0.05, 0.1) is 18.0 Å². The minimum absolute atomic E-state index is 0.0636. The van der Waals surface area contributed by atoms with Gasteiger partial charge < -0.3 is 15.4 Å². The third kappa shape index (κ3) is 3.40. The van der Waals surface area contributed by atoms with Gasteiger partial charge in [-0.05, 0) is 38.3 Å². The molecule has 6 nitrogen and oxygen atoms in total. The Bertz CT molecular complexity index is 1010. The van der Waals surface area contributed by atoms with Crippen LogP contribution in [0.1, 0.15) is 25.7 Å². The number of hydrogen-bond acceptors (Lipinski definition) is 5. The van der Waals surface area contributed by atoms with Gasteiger partial charge in [-0.15, -0.1) is 0 Å². The molecule has 0 radical (unpaired) electrons. The number of anilines is 1. The molecule has 2 fully saturated rings. The zero-order chi connectivity index (χ0) is 19.1. The summed E-state index contributed by atoms with van der Waals surface area (Å²) < 4.78 is 36.4. The minimum atomic E-state index is -0.718. The molecular weight excluding hydrogens is 364 g/mol. The predicted molar refractivity (Wildman–Crippen MR) is 102 cm³/mol. The van der Waals surface area contributed by atoms with E-state index in [1.54, 1.807) is 16.8 Å². The highest BCUT2D eigenvalue weighted by Gasteiger charge is 2.24. The van der Waals surface area contributed by atoms with Crippen LogP contribution < -0.4 is 15.4 Å². The van der Waals surface area contributed by atoms with Gasteiger partial charge in [-0.1, -0.05) is 0 Å². The van der Waals surface area contributed by atoms with E-state index in [0.29, 0.717) is 11.3 Å². The van der Waals surface area contributed by atoms with Crippen molar-refractivity contribution in [1.29, 1.82) is 0 Å². The van der Waals surface area contributed by atoms with Crippen LogP contribution in [0.25, 0.3) is 17.0 Å². The number of fused-ring (bicyclic) bond motifs is 1. The van der Waals surface area contributed by atoms with E-state index in [-0.39, 0.29) is 23.7 Å². The summed E-state index contributed by atoms with van der Waals surface area (Å²) in [5.74, 6) is -0.605. The Morgan fingerprint density at radius 2 is 2.07 bits per heavy atom. The van der Waals surface area contributed by atoms with E-state index in [1.807, 2.05) is 12.1 Å². The molecule has 0 bridgehead atoms. The molecule has 0 amide bonds. The summed E-state index contributed by atoms with van der Waals surface area (Å²) >= 11 is 0. The van der Waals surface area contributed by atoms with Crippen LogP contribution in [0, 0.1) is 11.6 Å². The maximum atomic E-state index is 14.6. The van der Waals surface area contributed by atoms with Crippen molar-refractivity contribution in [3.8, 4) is 17.1 Å². The largest absolute Gasteiger partial charge is 0.490 e. The van der Waals surface area contributed by atoms with Gasteiger partial charge in [0.15, 0.2) is 17.5 Å². The highest BCUT2D eigenvalue weighted by Crippen LogP contribution is 2.30. The second-order valence-corrected chi connectivity index (χ2v) is 7.39. The van der Waals surface area contributed by atoms with Crippen LogP contribution in [-0.4, -0.2) is 39.6 Å². The average molecular weight is 385 g/mol. The van der Waals surface area contributed by atoms with E-state index in [9.17, 15) is 8.78 Å². The molecule has 1 saturated heterocycles. The minimum Gasteiger partial charge on any atom is -0.490 e. The number of imidazole rings is 1. The fraction of sp³-hybridized carbons (Fsp3) is 0.400. The monoisotopic (exact) mass is 385 g/mol. The summed E-state index contributed by atoms with van der Waals surface area (Å²) in [7, 11) is 0. The normalized spacial score (nSPS) is 19.7. The summed E-state index contributed by atoms with van der Waals surface area (Å²) in [4.78, 5) is 8.60. The van der Waals surface area contributed by atoms with E-state index in [1.165, 1.54) is 0 Å². The van der Waals surface area contributed by atoms with Crippen LogP contribution in [0.5, 0.6) is 5.75 Å². The first-order chi connectivity index (χ1) is 13.7. The molecular formula is C20H21F2N5O. The van der Waals surface area contributed by atoms with Crippen LogP contribution in [0.15, 0.2) is 30.6 Å². The van der Waals surface area contributed by atoms with Gasteiger partial charge in [0.25, 0.3) is 0 Å². The van der Waals surface area contributed by atoms with Crippen molar-refractivity contribution in [2.45, 2.75) is 37.8 Å². The molecule has 4 heterocycles. The van der Waals surface area contributed by atoms with Gasteiger partial charge in [0, 0.05) is 30.9 Å². The second-order valence-electron chi connectivity index (χ2n) is 7.39. The number of halogens is 2. The highest BCUT2D eigenvalue weighted by atomic mass is 19.1. The number of ether oxygens (including phenoxy) is 1. The summed E-state index contributed by atoms with van der Waals surface area (Å²) in [6.07, 6.45) is 7.68. The number of nitrogens with one attached hydrogen (secondary N) is 2. The molecule has 0 unspecified atom stereocenters. The topological polar surface area (TPSA) is 63.5 Å². The van der Waals surface area contributed by atoms with Crippen LogP contribution >= 0.6 is 0 Å². The fourth-order valence-electron chi connectivity index (χ4n) is 3.50. The first-order valence-electron chi connectivity index (χ1n) is 9.65. The Kier molecular flexibility index (Phi) is 4.35. The van der Waals surface area contributed by atoms with E-state index in [2.05, 4.69) is 20.6 Å². The summed E-state index contributed by atoms with van der Waals surface area (Å²) in [5.41, 5.74) is 1.16. The Balaban J connectivity index is 1.48. The summed E-state index contributed by atoms with van der Waals surface area (Å²) in [6.45, 7) is 1.68. The molecule has 5 rings (SSSR count). The molecule has 2 N–H and O–H groups in total. The molecule has 1 aliphatic heterocycles. The van der Waals surface area contributed by atoms with Crippen molar-refractivity contribution >= 4 is 11.5 Å². The van der Waals surface area contributed by atoms with Crippen LogP contribution in [0.3, 0.4) is 0 Å². The predicted octanol–water partition coefficient (Wildman–Crippen LogP) is 3.38. The van der Waals surface area contributed by atoms with Crippen LogP contribution in [0.4, 0.5) is 14.6 Å². The molecule has 0 spiro atoms. The highest BCUT2D eigenvalue weighted by molar-refractivity contribution is 5.63. The maximum Gasteiger partial charge on any atom is 0.168 e. The van der Waals surface area contributed by atoms with Gasteiger partial charge in [-0.3, -0.25) is 4.40 Å². The number of nitrogens with zero attached hydrogens (tertiary/aromatic N) is 3. The second kappa shape index (κ2) is 7.01. The first kappa shape index (κ1) is 17.4. The van der Waals surface area contributed by atoms with Gasteiger partial charge >= 0.3 is 0 Å².